The van der Waals surface area contributed by atoms with E-state index in [0.29, 0.717) is 41.8 Å². The van der Waals surface area contributed by atoms with Crippen LogP contribution in [0, 0.1) is 18.5 Å². The molecule has 39 heavy (non-hydrogen) atoms. The summed E-state index contributed by atoms with van der Waals surface area (Å²) in [6.45, 7) is 0.944. The fourth-order valence-corrected chi connectivity index (χ4v) is 4.49. The minimum atomic E-state index is 0.471. The van der Waals surface area contributed by atoms with E-state index in [1.807, 2.05) is 72.8 Å². The minimum absolute atomic E-state index is 0.471. The summed E-state index contributed by atoms with van der Waals surface area (Å²) in [7, 11) is 3.15. The Balaban J connectivity index is 0.000000216. The van der Waals surface area contributed by atoms with Crippen molar-refractivity contribution in [3.05, 3.63) is 114 Å². The molecule has 4 aromatic rings. The minimum Gasteiger partial charge on any atom is -0.493 e. The van der Waals surface area contributed by atoms with Gasteiger partial charge in [0.2, 0.25) is 0 Å². The Labute approximate surface area is 255 Å². The van der Waals surface area contributed by atoms with Crippen LogP contribution in [0.1, 0.15) is 22.3 Å². The van der Waals surface area contributed by atoms with Gasteiger partial charge in [0.1, 0.15) is 19.3 Å². The Morgan fingerprint density at radius 1 is 0.744 bits per heavy atom. The van der Waals surface area contributed by atoms with E-state index >= 15 is 0 Å². The molecule has 7 nitrogen and oxygen atoms in total. The lowest BCUT2D eigenvalue weighted by atomic mass is 10.2. The molecular formula is C30H26I2N2O5. The topological polar surface area (TPSA) is 93.3 Å². The van der Waals surface area contributed by atoms with E-state index in [1.54, 1.807) is 26.4 Å². The third kappa shape index (κ3) is 9.04. The van der Waals surface area contributed by atoms with Crippen molar-refractivity contribution >= 4 is 51.4 Å². The molecule has 0 bridgehead atoms. The molecule has 0 radical (unpaired) electrons. The van der Waals surface area contributed by atoms with Gasteiger partial charge in [-0.05, 0) is 74.5 Å². The Morgan fingerprint density at radius 3 is 1.69 bits per heavy atom. The summed E-state index contributed by atoms with van der Waals surface area (Å²) >= 11 is 4.27. The normalized spacial score (nSPS) is 10.2. The highest BCUT2D eigenvalue weighted by Crippen LogP contribution is 2.33. The van der Waals surface area contributed by atoms with Gasteiger partial charge in [0.05, 0.1) is 26.0 Å². The van der Waals surface area contributed by atoms with Crippen LogP contribution in [0.2, 0.25) is 0 Å². The van der Waals surface area contributed by atoms with Gasteiger partial charge in [0, 0.05) is 18.8 Å². The van der Waals surface area contributed by atoms with Gasteiger partial charge >= 0.3 is 0 Å². The third-order valence-electron chi connectivity index (χ3n) is 5.33. The SMILES string of the molecule is COc1cc(C#N)c(I)cc1OCc1ccccc1.COc1cc(C=NO)c(I)cc1OCc1ccccc1. The van der Waals surface area contributed by atoms with Crippen molar-refractivity contribution in [3.8, 4) is 29.1 Å². The first-order chi connectivity index (χ1) is 19.0. The zero-order valence-corrected chi connectivity index (χ0v) is 25.6. The average molecular weight is 748 g/mol. The summed E-state index contributed by atoms with van der Waals surface area (Å²) in [5, 5.41) is 20.6. The zero-order valence-electron chi connectivity index (χ0n) is 21.3. The monoisotopic (exact) mass is 748 g/mol. The zero-order chi connectivity index (χ0) is 28.0. The molecule has 0 atom stereocenters. The molecule has 0 aliphatic heterocycles. The molecule has 0 fully saturated rings. The first-order valence-corrected chi connectivity index (χ1v) is 13.8. The molecule has 0 amide bonds. The molecular weight excluding hydrogens is 722 g/mol. The van der Waals surface area contributed by atoms with Gasteiger partial charge in [-0.3, -0.25) is 0 Å². The number of hydrogen-bond donors (Lipinski definition) is 1. The van der Waals surface area contributed by atoms with Crippen LogP contribution < -0.4 is 18.9 Å². The first kappa shape index (κ1) is 30.0. The van der Waals surface area contributed by atoms with Gasteiger partial charge in [-0.2, -0.15) is 5.26 Å². The quantitative estimate of drug-likeness (QED) is 0.0829. The summed E-state index contributed by atoms with van der Waals surface area (Å²) in [6, 6.07) is 29.1. The van der Waals surface area contributed by atoms with E-state index in [2.05, 4.69) is 56.4 Å². The van der Waals surface area contributed by atoms with E-state index < -0.39 is 0 Å². The summed E-state index contributed by atoms with van der Waals surface area (Å²) in [6.07, 6.45) is 1.37. The second kappa shape index (κ2) is 15.8. The molecule has 0 aliphatic carbocycles. The van der Waals surface area contributed by atoms with Gasteiger partial charge in [-0.15, -0.1) is 0 Å². The lowest BCUT2D eigenvalue weighted by Crippen LogP contribution is -1.99. The maximum Gasteiger partial charge on any atom is 0.162 e. The second-order valence-corrected chi connectivity index (χ2v) is 10.2. The van der Waals surface area contributed by atoms with E-state index in [-0.39, 0.29) is 0 Å². The van der Waals surface area contributed by atoms with Crippen LogP contribution in [-0.2, 0) is 13.2 Å². The Bertz CT molecular complexity index is 1430. The Morgan fingerprint density at radius 2 is 1.23 bits per heavy atom. The number of halogens is 2. The van der Waals surface area contributed by atoms with Crippen molar-refractivity contribution in [1.82, 2.24) is 0 Å². The number of ether oxygens (including phenoxy) is 4. The first-order valence-electron chi connectivity index (χ1n) is 11.6. The number of nitriles is 1. The van der Waals surface area contributed by atoms with Crippen molar-refractivity contribution in [2.24, 2.45) is 5.16 Å². The molecule has 0 saturated carbocycles. The maximum absolute atomic E-state index is 8.99. The molecule has 4 aromatic carbocycles. The number of nitrogens with zero attached hydrogens (tertiary/aromatic N) is 2. The van der Waals surface area contributed by atoms with Crippen LogP contribution in [0.4, 0.5) is 0 Å². The highest BCUT2D eigenvalue weighted by atomic mass is 127. The number of hydrogen-bond acceptors (Lipinski definition) is 7. The second-order valence-electron chi connectivity index (χ2n) is 7.91. The Hall–Kier alpha value is -3.50. The van der Waals surface area contributed by atoms with Gasteiger partial charge in [0.25, 0.3) is 0 Å². The largest absolute Gasteiger partial charge is 0.493 e. The van der Waals surface area contributed by atoms with Crippen LogP contribution in [0.25, 0.3) is 0 Å². The van der Waals surface area contributed by atoms with Crippen molar-refractivity contribution < 1.29 is 24.2 Å². The predicted molar refractivity (Wildman–Crippen MR) is 167 cm³/mol. The molecule has 0 aliphatic rings. The summed E-state index contributed by atoms with van der Waals surface area (Å²) < 4.78 is 23.9. The van der Waals surface area contributed by atoms with E-state index in [1.165, 1.54) is 6.21 Å². The molecule has 0 heterocycles. The van der Waals surface area contributed by atoms with Crippen molar-refractivity contribution in [1.29, 1.82) is 5.26 Å². The van der Waals surface area contributed by atoms with Crippen molar-refractivity contribution in [2.75, 3.05) is 14.2 Å². The fraction of sp³-hybridized carbons (Fsp3) is 0.133. The van der Waals surface area contributed by atoms with Crippen molar-refractivity contribution in [2.45, 2.75) is 13.2 Å². The molecule has 0 saturated heterocycles. The van der Waals surface area contributed by atoms with Crippen LogP contribution >= 0.6 is 45.2 Å². The molecule has 200 valence electrons. The number of methoxy groups -OCH3 is 2. The third-order valence-corrected chi connectivity index (χ3v) is 7.15. The lowest BCUT2D eigenvalue weighted by Gasteiger charge is -2.12. The van der Waals surface area contributed by atoms with Crippen LogP contribution in [0.3, 0.4) is 0 Å². The molecule has 9 heteroatoms. The predicted octanol–water partition coefficient (Wildman–Crippen LogP) is 7.44. The number of benzene rings is 4. The molecule has 4 rings (SSSR count). The standard InChI is InChI=1S/C15H14INO3.C15H12INO2/c1-19-14-7-12(9-17-18)13(16)8-15(14)20-10-11-5-3-2-4-6-11;1-18-14-7-12(9-17)13(16)8-15(14)19-10-11-5-3-2-4-6-11/h2-9,18H,10H2,1H3;2-8H,10H2,1H3. The highest BCUT2D eigenvalue weighted by Gasteiger charge is 2.11. The molecule has 0 aromatic heterocycles. The van der Waals surface area contributed by atoms with Gasteiger partial charge in [0.15, 0.2) is 23.0 Å². The summed E-state index contributed by atoms with van der Waals surface area (Å²) in [4.78, 5) is 0. The Kier molecular flexibility index (Phi) is 12.2. The van der Waals surface area contributed by atoms with E-state index in [4.69, 9.17) is 29.4 Å². The van der Waals surface area contributed by atoms with Gasteiger partial charge in [-0.25, -0.2) is 0 Å². The number of rotatable bonds is 9. The number of oxime groups is 1. The summed E-state index contributed by atoms with van der Waals surface area (Å²) in [5.41, 5.74) is 3.54. The highest BCUT2D eigenvalue weighted by molar-refractivity contribution is 14.1. The van der Waals surface area contributed by atoms with Crippen LogP contribution in [0.15, 0.2) is 90.1 Å². The maximum atomic E-state index is 8.99. The molecule has 0 spiro atoms. The summed E-state index contributed by atoms with van der Waals surface area (Å²) in [5.74, 6) is 2.50. The van der Waals surface area contributed by atoms with E-state index in [9.17, 15) is 0 Å². The lowest BCUT2D eigenvalue weighted by molar-refractivity contribution is 0.284. The van der Waals surface area contributed by atoms with Crippen LogP contribution in [0.5, 0.6) is 23.0 Å². The molecule has 1 N–H and O–H groups in total. The smallest absolute Gasteiger partial charge is 0.162 e. The van der Waals surface area contributed by atoms with Crippen LogP contribution in [-0.4, -0.2) is 25.6 Å². The fourth-order valence-electron chi connectivity index (χ4n) is 3.35. The van der Waals surface area contributed by atoms with Gasteiger partial charge < -0.3 is 24.2 Å². The van der Waals surface area contributed by atoms with Gasteiger partial charge in [-0.1, -0.05) is 65.8 Å². The molecule has 0 unspecified atom stereocenters. The average Bonchev–Trinajstić information content (AvgIpc) is 2.97. The van der Waals surface area contributed by atoms with Crippen molar-refractivity contribution in [3.63, 3.8) is 0 Å². The van der Waals surface area contributed by atoms with E-state index in [0.717, 1.165) is 23.8 Å².